The van der Waals surface area contributed by atoms with Crippen molar-refractivity contribution in [2.45, 2.75) is 6.42 Å². The van der Waals surface area contributed by atoms with E-state index in [9.17, 15) is 9.59 Å². The van der Waals surface area contributed by atoms with Crippen molar-refractivity contribution < 1.29 is 9.59 Å². The monoisotopic (exact) mass is 507 g/mol. The van der Waals surface area contributed by atoms with E-state index in [4.69, 9.17) is 0 Å². The van der Waals surface area contributed by atoms with Crippen LogP contribution in [0.2, 0.25) is 0 Å². The summed E-state index contributed by atoms with van der Waals surface area (Å²) in [6.45, 7) is 4.71. The quantitative estimate of drug-likeness (QED) is 0.604. The molecule has 2 aromatic carbocycles. The number of nitrogens with one attached hydrogen (secondary N) is 1. The summed E-state index contributed by atoms with van der Waals surface area (Å²) in [6, 6.07) is 15.0. The number of halogens is 2. The van der Waals surface area contributed by atoms with Crippen molar-refractivity contribution in [1.82, 2.24) is 15.1 Å². The lowest BCUT2D eigenvalue weighted by molar-refractivity contribution is 0.0633. The van der Waals surface area contributed by atoms with Crippen LogP contribution in [-0.2, 0) is 0 Å². The van der Waals surface area contributed by atoms with Crippen LogP contribution in [0, 0.1) is 0 Å². The molecule has 148 valence electrons. The van der Waals surface area contributed by atoms with Gasteiger partial charge in [-0.05, 0) is 69.1 Å². The topological polar surface area (TPSA) is 52.7 Å². The highest BCUT2D eigenvalue weighted by molar-refractivity contribution is 9.10. The lowest BCUT2D eigenvalue weighted by Crippen LogP contribution is -2.49. The maximum Gasteiger partial charge on any atom is 0.255 e. The number of benzene rings is 2. The van der Waals surface area contributed by atoms with Gasteiger partial charge in [-0.25, -0.2) is 0 Å². The standard InChI is InChI=1S/C21H23Br2N3O2/c22-18-8-3-1-6-16(18)20(27)24-10-5-11-25-12-14-26(15-13-25)21(28)17-7-2-4-9-19(17)23/h1-4,6-9H,5,10-15H2,(H,24,27). The van der Waals surface area contributed by atoms with Crippen molar-refractivity contribution in [3.8, 4) is 0 Å². The molecule has 0 aromatic heterocycles. The van der Waals surface area contributed by atoms with Gasteiger partial charge in [-0.15, -0.1) is 0 Å². The molecule has 0 bridgehead atoms. The fourth-order valence-electron chi connectivity index (χ4n) is 3.22. The summed E-state index contributed by atoms with van der Waals surface area (Å²) in [6.07, 6.45) is 0.883. The molecule has 0 spiro atoms. The van der Waals surface area contributed by atoms with E-state index in [0.29, 0.717) is 17.7 Å². The number of carbonyl (C=O) groups excluding carboxylic acids is 2. The van der Waals surface area contributed by atoms with Crippen LogP contribution in [0.4, 0.5) is 0 Å². The molecule has 7 heteroatoms. The second-order valence-corrected chi connectivity index (χ2v) is 8.41. The van der Waals surface area contributed by atoms with Crippen LogP contribution in [0.15, 0.2) is 57.5 Å². The molecule has 28 heavy (non-hydrogen) atoms. The van der Waals surface area contributed by atoms with Crippen molar-refractivity contribution in [3.63, 3.8) is 0 Å². The minimum atomic E-state index is -0.0590. The van der Waals surface area contributed by atoms with E-state index >= 15 is 0 Å². The van der Waals surface area contributed by atoms with Gasteiger partial charge in [0.1, 0.15) is 0 Å². The number of carbonyl (C=O) groups is 2. The van der Waals surface area contributed by atoms with Gasteiger partial charge in [0.15, 0.2) is 0 Å². The smallest absolute Gasteiger partial charge is 0.255 e. The first-order valence-electron chi connectivity index (χ1n) is 9.35. The zero-order valence-corrected chi connectivity index (χ0v) is 18.7. The van der Waals surface area contributed by atoms with Crippen LogP contribution >= 0.6 is 31.9 Å². The van der Waals surface area contributed by atoms with Gasteiger partial charge in [0.05, 0.1) is 11.1 Å². The molecule has 2 aromatic rings. The van der Waals surface area contributed by atoms with Crippen molar-refractivity contribution in [2.24, 2.45) is 0 Å². The van der Waals surface area contributed by atoms with Crippen molar-refractivity contribution in [2.75, 3.05) is 39.3 Å². The lowest BCUT2D eigenvalue weighted by atomic mass is 10.2. The molecule has 0 radical (unpaired) electrons. The SMILES string of the molecule is O=C(NCCCN1CCN(C(=O)c2ccccc2Br)CC1)c1ccccc1Br. The fraction of sp³-hybridized carbons (Fsp3) is 0.333. The largest absolute Gasteiger partial charge is 0.352 e. The molecule has 1 aliphatic heterocycles. The van der Waals surface area contributed by atoms with E-state index in [-0.39, 0.29) is 11.8 Å². The van der Waals surface area contributed by atoms with Gasteiger partial charge < -0.3 is 10.2 Å². The number of hydrogen-bond acceptors (Lipinski definition) is 3. The summed E-state index contributed by atoms with van der Waals surface area (Å²) >= 11 is 6.86. The van der Waals surface area contributed by atoms with Crippen LogP contribution < -0.4 is 5.32 Å². The van der Waals surface area contributed by atoms with Gasteiger partial charge in [-0.1, -0.05) is 24.3 Å². The highest BCUT2D eigenvalue weighted by Crippen LogP contribution is 2.19. The molecule has 5 nitrogen and oxygen atoms in total. The number of rotatable bonds is 6. The van der Waals surface area contributed by atoms with Crippen molar-refractivity contribution >= 4 is 43.7 Å². The second kappa shape index (κ2) is 10.2. The summed E-state index contributed by atoms with van der Waals surface area (Å²) in [5, 5.41) is 2.97. The van der Waals surface area contributed by atoms with E-state index in [1.807, 2.05) is 47.4 Å². The molecule has 0 atom stereocenters. The van der Waals surface area contributed by atoms with E-state index in [1.165, 1.54) is 0 Å². The Bertz CT molecular complexity index is 836. The summed E-state index contributed by atoms with van der Waals surface area (Å²) in [5.74, 6) is 0.0177. The fourth-order valence-corrected chi connectivity index (χ4v) is 4.14. The van der Waals surface area contributed by atoms with E-state index in [1.54, 1.807) is 6.07 Å². The average Bonchev–Trinajstić information content (AvgIpc) is 2.72. The van der Waals surface area contributed by atoms with Gasteiger partial charge in [0.2, 0.25) is 0 Å². The Kier molecular flexibility index (Phi) is 7.65. The Morgan fingerprint density at radius 3 is 2.04 bits per heavy atom. The molecular formula is C21H23Br2N3O2. The van der Waals surface area contributed by atoms with Crippen molar-refractivity contribution in [3.05, 3.63) is 68.6 Å². The van der Waals surface area contributed by atoms with Crippen LogP contribution in [-0.4, -0.2) is 60.9 Å². The summed E-state index contributed by atoms with van der Waals surface area (Å²) < 4.78 is 1.64. The van der Waals surface area contributed by atoms with E-state index < -0.39 is 0 Å². The third-order valence-electron chi connectivity index (χ3n) is 4.82. The van der Waals surface area contributed by atoms with E-state index in [2.05, 4.69) is 42.1 Å². The molecule has 1 saturated heterocycles. The van der Waals surface area contributed by atoms with Gasteiger partial charge in [-0.3, -0.25) is 14.5 Å². The third kappa shape index (κ3) is 5.43. The molecule has 1 fully saturated rings. The first kappa shape index (κ1) is 21.0. The van der Waals surface area contributed by atoms with Crippen LogP contribution in [0.5, 0.6) is 0 Å². The predicted octanol–water partition coefficient (Wildman–Crippen LogP) is 3.79. The minimum Gasteiger partial charge on any atom is -0.352 e. The number of amides is 2. The average molecular weight is 509 g/mol. The summed E-state index contributed by atoms with van der Waals surface area (Å²) in [5.41, 5.74) is 1.37. The van der Waals surface area contributed by atoms with Crippen molar-refractivity contribution in [1.29, 1.82) is 0 Å². The Morgan fingerprint density at radius 2 is 1.43 bits per heavy atom. The highest BCUT2D eigenvalue weighted by Gasteiger charge is 2.23. The maximum atomic E-state index is 12.7. The first-order chi connectivity index (χ1) is 13.6. The number of piperazine rings is 1. The zero-order valence-electron chi connectivity index (χ0n) is 15.5. The predicted molar refractivity (Wildman–Crippen MR) is 118 cm³/mol. The maximum absolute atomic E-state index is 12.7. The molecular weight excluding hydrogens is 486 g/mol. The van der Waals surface area contributed by atoms with Crippen LogP contribution in [0.1, 0.15) is 27.1 Å². The van der Waals surface area contributed by atoms with Crippen LogP contribution in [0.25, 0.3) is 0 Å². The van der Waals surface area contributed by atoms with Crippen LogP contribution in [0.3, 0.4) is 0 Å². The first-order valence-corrected chi connectivity index (χ1v) is 10.9. The summed E-state index contributed by atoms with van der Waals surface area (Å²) in [7, 11) is 0. The van der Waals surface area contributed by atoms with Gasteiger partial charge >= 0.3 is 0 Å². The molecule has 3 rings (SSSR count). The number of hydrogen-bond donors (Lipinski definition) is 1. The Morgan fingerprint density at radius 1 is 0.857 bits per heavy atom. The Balaban J connectivity index is 1.38. The molecule has 1 heterocycles. The molecule has 1 N–H and O–H groups in total. The highest BCUT2D eigenvalue weighted by atomic mass is 79.9. The van der Waals surface area contributed by atoms with E-state index in [0.717, 1.165) is 48.1 Å². The molecule has 1 aliphatic rings. The van der Waals surface area contributed by atoms with Gasteiger partial charge in [-0.2, -0.15) is 0 Å². The lowest BCUT2D eigenvalue weighted by Gasteiger charge is -2.35. The van der Waals surface area contributed by atoms with Gasteiger partial charge in [0.25, 0.3) is 11.8 Å². The van der Waals surface area contributed by atoms with Gasteiger partial charge in [0, 0.05) is 41.7 Å². The minimum absolute atomic E-state index is 0.0590. The zero-order chi connectivity index (χ0) is 19.9. The number of nitrogens with zero attached hydrogens (tertiary/aromatic N) is 2. The second-order valence-electron chi connectivity index (χ2n) is 6.70. The third-order valence-corrected chi connectivity index (χ3v) is 6.20. The molecule has 0 saturated carbocycles. The molecule has 0 aliphatic carbocycles. The Labute approximate surface area is 182 Å². The Hall–Kier alpha value is -1.70. The molecule has 0 unspecified atom stereocenters. The molecule has 2 amide bonds. The normalized spacial score (nSPS) is 14.7. The summed E-state index contributed by atoms with van der Waals surface area (Å²) in [4.78, 5) is 29.1.